The summed E-state index contributed by atoms with van der Waals surface area (Å²) >= 11 is 0. The van der Waals surface area contributed by atoms with E-state index >= 15 is 0 Å². The van der Waals surface area contributed by atoms with Crippen molar-refractivity contribution in [3.8, 4) is 0 Å². The van der Waals surface area contributed by atoms with Crippen LogP contribution in [0.2, 0.25) is 0 Å². The van der Waals surface area contributed by atoms with Crippen molar-refractivity contribution in [1.29, 1.82) is 0 Å². The van der Waals surface area contributed by atoms with Crippen LogP contribution in [-0.4, -0.2) is 47.8 Å². The van der Waals surface area contributed by atoms with Crippen molar-refractivity contribution < 1.29 is 43.2 Å². The van der Waals surface area contributed by atoms with Gasteiger partial charge in [0.05, 0.1) is 0 Å². The van der Waals surface area contributed by atoms with Gasteiger partial charge in [0, 0.05) is 6.42 Å². The van der Waals surface area contributed by atoms with Crippen LogP contribution in [0.15, 0.2) is 0 Å². The van der Waals surface area contributed by atoms with Crippen molar-refractivity contribution in [2.75, 3.05) is 0 Å². The van der Waals surface area contributed by atoms with Gasteiger partial charge in [0.15, 0.2) is 0 Å². The van der Waals surface area contributed by atoms with Crippen molar-refractivity contribution in [3.05, 3.63) is 0 Å². The Labute approximate surface area is 183 Å². The topological polar surface area (TPSA) is 114 Å². The van der Waals surface area contributed by atoms with Crippen molar-refractivity contribution >= 4 is 23.9 Å². The molecule has 0 radical (unpaired) electrons. The molecule has 9 heteroatoms. The van der Waals surface area contributed by atoms with E-state index in [-0.39, 0.29) is 18.6 Å². The normalized spacial score (nSPS) is 19.2. The predicted octanol–water partition coefficient (Wildman–Crippen LogP) is 3.31. The highest BCUT2D eigenvalue weighted by atomic mass is 17.2. The van der Waals surface area contributed by atoms with Crippen molar-refractivity contribution in [3.63, 3.8) is 0 Å². The Balaban J connectivity index is 1.69. The zero-order chi connectivity index (χ0) is 22.9. The molecule has 1 unspecified atom stereocenters. The molecule has 0 aromatic heterocycles. The van der Waals surface area contributed by atoms with Gasteiger partial charge in [-0.15, -0.1) is 0 Å². The Morgan fingerprint density at radius 3 is 1.68 bits per heavy atom. The first-order valence-electron chi connectivity index (χ1n) is 11.2. The summed E-state index contributed by atoms with van der Waals surface area (Å²) in [6, 6.07) is 0. The molecule has 0 aromatic rings. The van der Waals surface area contributed by atoms with Gasteiger partial charge >= 0.3 is 23.9 Å². The van der Waals surface area contributed by atoms with E-state index in [9.17, 15) is 19.2 Å². The predicted molar refractivity (Wildman–Crippen MR) is 107 cm³/mol. The minimum atomic E-state index is -1.24. The van der Waals surface area contributed by atoms with Crippen LogP contribution in [0.1, 0.15) is 91.4 Å². The molecule has 2 saturated carbocycles. The van der Waals surface area contributed by atoms with Crippen LogP contribution in [0.3, 0.4) is 0 Å². The number of esters is 3. The van der Waals surface area contributed by atoms with E-state index in [4.69, 9.17) is 19.1 Å². The number of carbonyl (C=O) groups is 4. The molecule has 0 aliphatic heterocycles. The van der Waals surface area contributed by atoms with E-state index in [1.54, 1.807) is 20.8 Å². The fourth-order valence-corrected chi connectivity index (χ4v) is 3.95. The molecule has 2 rings (SSSR count). The lowest BCUT2D eigenvalue weighted by atomic mass is 9.98. The van der Waals surface area contributed by atoms with Crippen LogP contribution >= 0.6 is 0 Å². The molecule has 31 heavy (non-hydrogen) atoms. The monoisotopic (exact) mass is 442 g/mol. The number of carbonyl (C=O) groups excluding carboxylic acids is 4. The Bertz CT molecular complexity index is 631. The number of rotatable bonds is 7. The third-order valence-corrected chi connectivity index (χ3v) is 5.42. The highest BCUT2D eigenvalue weighted by Crippen LogP contribution is 2.23. The Hall–Kier alpha value is -2.16. The number of hydrogen-bond acceptors (Lipinski definition) is 9. The fraction of sp³-hybridized carbons (Fsp3) is 0.818. The Morgan fingerprint density at radius 2 is 1.19 bits per heavy atom. The second-order valence-electron chi connectivity index (χ2n) is 8.96. The van der Waals surface area contributed by atoms with Gasteiger partial charge in [0.1, 0.15) is 23.9 Å². The summed E-state index contributed by atoms with van der Waals surface area (Å²) < 4.78 is 15.4. The van der Waals surface area contributed by atoms with E-state index in [1.165, 1.54) is 0 Å². The number of hydrogen-bond donors (Lipinski definition) is 0. The van der Waals surface area contributed by atoms with E-state index in [0.29, 0.717) is 0 Å². The highest BCUT2D eigenvalue weighted by Gasteiger charge is 2.32. The molecular formula is C22H34O9. The molecule has 0 bridgehead atoms. The van der Waals surface area contributed by atoms with Gasteiger partial charge < -0.3 is 14.2 Å². The van der Waals surface area contributed by atoms with Crippen molar-refractivity contribution in [2.24, 2.45) is 0 Å². The second-order valence-corrected chi connectivity index (χ2v) is 8.96. The molecule has 2 aliphatic carbocycles. The first kappa shape index (κ1) is 25.1. The molecule has 0 amide bonds. The summed E-state index contributed by atoms with van der Waals surface area (Å²) in [6.45, 7) is 4.77. The fourth-order valence-electron chi connectivity index (χ4n) is 3.95. The summed E-state index contributed by atoms with van der Waals surface area (Å²) in [6.07, 6.45) is 7.93. The van der Waals surface area contributed by atoms with E-state index < -0.39 is 35.6 Å². The smallest absolute Gasteiger partial charge is 0.449 e. The zero-order valence-corrected chi connectivity index (χ0v) is 18.7. The van der Waals surface area contributed by atoms with Crippen LogP contribution in [0, 0.1) is 0 Å². The molecule has 0 N–H and O–H groups in total. The molecule has 0 spiro atoms. The summed E-state index contributed by atoms with van der Waals surface area (Å²) in [5, 5.41) is 0. The van der Waals surface area contributed by atoms with Crippen LogP contribution in [-0.2, 0) is 43.2 Å². The third-order valence-electron chi connectivity index (χ3n) is 5.42. The molecule has 0 heterocycles. The standard InChI is InChI=1S/C22H34O9/c1-15(27-18(23)19(24)28-16-10-6-4-7-11-16)14-22(2,3)31-30-21(26)20(25)29-17-12-8-5-9-13-17/h15-17H,4-14H2,1-3H3. The molecular weight excluding hydrogens is 408 g/mol. The average molecular weight is 443 g/mol. The van der Waals surface area contributed by atoms with Gasteiger partial charge in [0.2, 0.25) is 0 Å². The van der Waals surface area contributed by atoms with Gasteiger partial charge in [0.25, 0.3) is 0 Å². The van der Waals surface area contributed by atoms with Gasteiger partial charge in [-0.1, -0.05) is 12.8 Å². The molecule has 9 nitrogen and oxygen atoms in total. The van der Waals surface area contributed by atoms with Gasteiger partial charge in [-0.2, -0.15) is 4.89 Å². The summed E-state index contributed by atoms with van der Waals surface area (Å²) in [5.41, 5.74) is -1.08. The van der Waals surface area contributed by atoms with E-state index in [2.05, 4.69) is 4.89 Å². The van der Waals surface area contributed by atoms with Crippen LogP contribution in [0.4, 0.5) is 0 Å². The zero-order valence-electron chi connectivity index (χ0n) is 18.7. The van der Waals surface area contributed by atoms with Gasteiger partial charge in [-0.05, 0) is 72.1 Å². The van der Waals surface area contributed by atoms with Gasteiger partial charge in [-0.3, -0.25) is 4.89 Å². The third kappa shape index (κ3) is 9.25. The number of ether oxygens (including phenoxy) is 3. The average Bonchev–Trinajstić information content (AvgIpc) is 2.73. The van der Waals surface area contributed by atoms with Crippen LogP contribution in [0.25, 0.3) is 0 Å². The van der Waals surface area contributed by atoms with E-state index in [0.717, 1.165) is 64.2 Å². The summed E-state index contributed by atoms with van der Waals surface area (Å²) in [4.78, 5) is 57.3. The Morgan fingerprint density at radius 1 is 0.742 bits per heavy atom. The summed E-state index contributed by atoms with van der Waals surface area (Å²) in [5.74, 6) is -4.40. The Kier molecular flexibility index (Phi) is 9.74. The molecule has 0 saturated heterocycles. The van der Waals surface area contributed by atoms with Gasteiger partial charge in [-0.25, -0.2) is 19.2 Å². The molecule has 176 valence electrons. The molecule has 2 aliphatic rings. The lowest BCUT2D eigenvalue weighted by Gasteiger charge is -2.26. The lowest BCUT2D eigenvalue weighted by Crippen LogP contribution is -2.36. The maximum Gasteiger partial charge on any atom is 0.449 e. The first-order chi connectivity index (χ1) is 14.7. The van der Waals surface area contributed by atoms with Crippen molar-refractivity contribution in [1.82, 2.24) is 0 Å². The molecule has 0 aromatic carbocycles. The van der Waals surface area contributed by atoms with Crippen molar-refractivity contribution in [2.45, 2.75) is 115 Å². The minimum absolute atomic E-state index is 0.112. The van der Waals surface area contributed by atoms with E-state index in [1.807, 2.05) is 0 Å². The maximum atomic E-state index is 12.0. The van der Waals surface area contributed by atoms with Crippen LogP contribution < -0.4 is 0 Å². The SMILES string of the molecule is CC(CC(C)(C)OOC(=O)C(=O)OC1CCCCC1)OC(=O)C(=O)OC1CCCCC1. The molecule has 2 fully saturated rings. The second kappa shape index (κ2) is 12.0. The lowest BCUT2D eigenvalue weighted by molar-refractivity contribution is -0.327. The maximum absolute atomic E-state index is 12.0. The molecule has 1 atom stereocenters. The minimum Gasteiger partial charge on any atom is -0.454 e. The highest BCUT2D eigenvalue weighted by molar-refractivity contribution is 6.30. The quantitative estimate of drug-likeness (QED) is 0.192. The largest absolute Gasteiger partial charge is 0.454 e. The first-order valence-corrected chi connectivity index (χ1v) is 11.2. The summed E-state index contributed by atoms with van der Waals surface area (Å²) in [7, 11) is 0. The van der Waals surface area contributed by atoms with Crippen LogP contribution in [0.5, 0.6) is 0 Å².